The number of amides is 1. The molecule has 0 saturated heterocycles. The van der Waals surface area contributed by atoms with Crippen molar-refractivity contribution in [3.05, 3.63) is 53.0 Å². The lowest BCUT2D eigenvalue weighted by molar-refractivity contribution is -0.117. The molecule has 0 aliphatic heterocycles. The van der Waals surface area contributed by atoms with Crippen LogP contribution in [0, 0.1) is 0 Å². The van der Waals surface area contributed by atoms with Gasteiger partial charge in [0.2, 0.25) is 5.91 Å². The van der Waals surface area contributed by atoms with Gasteiger partial charge in [0.1, 0.15) is 5.75 Å². The molecular formula is C18H21BrN2O2. The molecule has 0 spiro atoms. The highest BCUT2D eigenvalue weighted by Gasteiger charge is 2.18. The van der Waals surface area contributed by atoms with E-state index in [4.69, 9.17) is 4.74 Å². The summed E-state index contributed by atoms with van der Waals surface area (Å²) in [6.07, 6.45) is 0. The van der Waals surface area contributed by atoms with Gasteiger partial charge in [0.15, 0.2) is 0 Å². The van der Waals surface area contributed by atoms with Gasteiger partial charge in [0.05, 0.1) is 19.3 Å². The predicted molar refractivity (Wildman–Crippen MR) is 98.2 cm³/mol. The van der Waals surface area contributed by atoms with E-state index in [9.17, 15) is 4.79 Å². The Morgan fingerprint density at radius 2 is 1.91 bits per heavy atom. The van der Waals surface area contributed by atoms with Crippen LogP contribution in [-0.2, 0) is 4.79 Å². The Morgan fingerprint density at radius 3 is 2.52 bits per heavy atom. The quantitative estimate of drug-likeness (QED) is 0.816. The lowest BCUT2D eigenvalue weighted by Crippen LogP contribution is -2.40. The summed E-state index contributed by atoms with van der Waals surface area (Å²) in [6, 6.07) is 15.4. The van der Waals surface area contributed by atoms with E-state index in [1.165, 1.54) is 0 Å². The van der Waals surface area contributed by atoms with Crippen molar-refractivity contribution >= 4 is 33.2 Å². The lowest BCUT2D eigenvalue weighted by atomic mass is 10.2. The Morgan fingerprint density at radius 1 is 1.22 bits per heavy atom. The van der Waals surface area contributed by atoms with Gasteiger partial charge >= 0.3 is 0 Å². The molecule has 0 aliphatic carbocycles. The van der Waals surface area contributed by atoms with Crippen LogP contribution in [0.1, 0.15) is 13.8 Å². The van der Waals surface area contributed by atoms with Crippen molar-refractivity contribution in [2.75, 3.05) is 23.9 Å². The van der Waals surface area contributed by atoms with Gasteiger partial charge in [-0.3, -0.25) is 4.79 Å². The smallest absolute Gasteiger partial charge is 0.246 e. The summed E-state index contributed by atoms with van der Waals surface area (Å²) in [4.78, 5) is 14.4. The summed E-state index contributed by atoms with van der Waals surface area (Å²) in [7, 11) is 1.62. The lowest BCUT2D eigenvalue weighted by Gasteiger charge is -2.27. The highest BCUT2D eigenvalue weighted by molar-refractivity contribution is 9.10. The first kappa shape index (κ1) is 17.3. The molecular weight excluding hydrogens is 356 g/mol. The van der Waals surface area contributed by atoms with E-state index in [1.54, 1.807) is 12.0 Å². The fraction of sp³-hybridized carbons (Fsp3) is 0.278. The summed E-state index contributed by atoms with van der Waals surface area (Å²) < 4.78 is 6.11. The maximum Gasteiger partial charge on any atom is 0.246 e. The number of anilines is 2. The van der Waals surface area contributed by atoms with Crippen LogP contribution >= 0.6 is 15.9 Å². The Kier molecular flexibility index (Phi) is 6.04. The van der Waals surface area contributed by atoms with Crippen molar-refractivity contribution in [2.45, 2.75) is 19.9 Å². The minimum Gasteiger partial charge on any atom is -0.497 e. The number of nitrogens with one attached hydrogen (secondary N) is 1. The van der Waals surface area contributed by atoms with Crippen molar-refractivity contribution in [3.8, 4) is 5.75 Å². The molecule has 0 aromatic heterocycles. The molecule has 0 atom stereocenters. The number of rotatable bonds is 6. The standard InChI is InChI=1S/C18H21BrN2O2/c1-13(2)21(14-7-5-4-6-8-14)18(22)12-20-17-11-15(23-3)9-10-16(17)19/h4-11,13,20H,12H2,1-3H3. The van der Waals surface area contributed by atoms with Crippen molar-refractivity contribution < 1.29 is 9.53 Å². The molecule has 5 heteroatoms. The van der Waals surface area contributed by atoms with E-state index in [-0.39, 0.29) is 18.5 Å². The van der Waals surface area contributed by atoms with E-state index in [1.807, 2.05) is 62.4 Å². The minimum absolute atomic E-state index is 0.0147. The van der Waals surface area contributed by atoms with Crippen LogP contribution in [0.5, 0.6) is 5.75 Å². The molecule has 4 nitrogen and oxygen atoms in total. The molecule has 2 aromatic carbocycles. The minimum atomic E-state index is 0.0147. The largest absolute Gasteiger partial charge is 0.497 e. The zero-order valence-corrected chi connectivity index (χ0v) is 15.1. The molecule has 1 amide bonds. The van der Waals surface area contributed by atoms with E-state index in [2.05, 4.69) is 21.2 Å². The molecule has 23 heavy (non-hydrogen) atoms. The van der Waals surface area contributed by atoms with Crippen LogP contribution < -0.4 is 15.0 Å². The fourth-order valence-electron chi connectivity index (χ4n) is 2.34. The number of ether oxygens (including phenoxy) is 1. The van der Waals surface area contributed by atoms with E-state index in [0.717, 1.165) is 21.6 Å². The van der Waals surface area contributed by atoms with Gasteiger partial charge < -0.3 is 15.0 Å². The van der Waals surface area contributed by atoms with Crippen LogP contribution in [0.4, 0.5) is 11.4 Å². The molecule has 2 aromatic rings. The number of para-hydroxylation sites is 1. The maximum absolute atomic E-state index is 12.6. The van der Waals surface area contributed by atoms with Crippen molar-refractivity contribution in [1.29, 1.82) is 0 Å². The third-order valence-electron chi connectivity index (χ3n) is 3.42. The van der Waals surface area contributed by atoms with Crippen LogP contribution in [-0.4, -0.2) is 25.6 Å². The summed E-state index contributed by atoms with van der Waals surface area (Å²) in [5, 5.41) is 3.17. The van der Waals surface area contributed by atoms with Gasteiger partial charge in [-0.25, -0.2) is 0 Å². The Labute approximate surface area is 145 Å². The topological polar surface area (TPSA) is 41.6 Å². The second kappa shape index (κ2) is 8.02. The molecule has 0 fully saturated rings. The number of halogens is 1. The van der Waals surface area contributed by atoms with Crippen LogP contribution in [0.2, 0.25) is 0 Å². The van der Waals surface area contributed by atoms with E-state index < -0.39 is 0 Å². The van der Waals surface area contributed by atoms with Crippen LogP contribution in [0.3, 0.4) is 0 Å². The van der Waals surface area contributed by atoms with Crippen LogP contribution in [0.25, 0.3) is 0 Å². The van der Waals surface area contributed by atoms with Crippen molar-refractivity contribution in [1.82, 2.24) is 0 Å². The molecule has 0 aliphatic rings. The predicted octanol–water partition coefficient (Wildman–Crippen LogP) is 4.31. The molecule has 0 heterocycles. The normalized spacial score (nSPS) is 10.5. The molecule has 1 N–H and O–H groups in total. The Bertz CT molecular complexity index is 659. The Hall–Kier alpha value is -2.01. The third kappa shape index (κ3) is 4.48. The van der Waals surface area contributed by atoms with Gasteiger partial charge in [-0.2, -0.15) is 0 Å². The third-order valence-corrected chi connectivity index (χ3v) is 4.11. The average Bonchev–Trinajstić information content (AvgIpc) is 2.55. The van der Waals surface area contributed by atoms with Gasteiger partial charge in [0, 0.05) is 22.3 Å². The molecule has 122 valence electrons. The monoisotopic (exact) mass is 376 g/mol. The van der Waals surface area contributed by atoms with Crippen molar-refractivity contribution in [3.63, 3.8) is 0 Å². The number of carbonyl (C=O) groups is 1. The number of methoxy groups -OCH3 is 1. The van der Waals surface area contributed by atoms with E-state index >= 15 is 0 Å². The maximum atomic E-state index is 12.6. The highest BCUT2D eigenvalue weighted by atomic mass is 79.9. The van der Waals surface area contributed by atoms with Gasteiger partial charge in [-0.1, -0.05) is 18.2 Å². The summed E-state index contributed by atoms with van der Waals surface area (Å²) in [6.45, 7) is 4.22. The van der Waals surface area contributed by atoms with E-state index in [0.29, 0.717) is 0 Å². The first-order valence-electron chi connectivity index (χ1n) is 7.47. The van der Waals surface area contributed by atoms with Gasteiger partial charge in [-0.15, -0.1) is 0 Å². The Balaban J connectivity index is 2.11. The fourth-order valence-corrected chi connectivity index (χ4v) is 2.73. The van der Waals surface area contributed by atoms with Gasteiger partial charge in [0.25, 0.3) is 0 Å². The number of benzene rings is 2. The number of hydrogen-bond acceptors (Lipinski definition) is 3. The molecule has 2 rings (SSSR count). The summed E-state index contributed by atoms with van der Waals surface area (Å²) in [5.41, 5.74) is 1.73. The first-order valence-corrected chi connectivity index (χ1v) is 8.26. The highest BCUT2D eigenvalue weighted by Crippen LogP contribution is 2.27. The van der Waals surface area contributed by atoms with Crippen LogP contribution in [0.15, 0.2) is 53.0 Å². The second-order valence-corrected chi connectivity index (χ2v) is 6.25. The first-order chi connectivity index (χ1) is 11.0. The number of hydrogen-bond donors (Lipinski definition) is 1. The second-order valence-electron chi connectivity index (χ2n) is 5.39. The zero-order valence-electron chi connectivity index (χ0n) is 13.5. The molecule has 0 unspecified atom stereocenters. The summed E-state index contributed by atoms with van der Waals surface area (Å²) >= 11 is 3.48. The SMILES string of the molecule is COc1ccc(Br)c(NCC(=O)N(c2ccccc2)C(C)C)c1. The van der Waals surface area contributed by atoms with Gasteiger partial charge in [-0.05, 0) is 54.0 Å². The molecule has 0 saturated carbocycles. The number of carbonyl (C=O) groups excluding carboxylic acids is 1. The zero-order chi connectivity index (χ0) is 16.8. The van der Waals surface area contributed by atoms with Crippen molar-refractivity contribution in [2.24, 2.45) is 0 Å². The number of nitrogens with zero attached hydrogens (tertiary/aromatic N) is 1. The summed E-state index contributed by atoms with van der Waals surface area (Å²) in [5.74, 6) is 0.757. The molecule has 0 radical (unpaired) electrons. The molecule has 0 bridgehead atoms. The average molecular weight is 377 g/mol.